The minimum absolute atomic E-state index is 0.152. The fourth-order valence-corrected chi connectivity index (χ4v) is 4.42. The fourth-order valence-electron chi connectivity index (χ4n) is 4.42. The molecule has 1 aromatic rings. The van der Waals surface area contributed by atoms with Crippen molar-refractivity contribution in [2.24, 2.45) is 5.92 Å². The minimum Gasteiger partial charge on any atom is -0.469 e. The molecule has 0 unspecified atom stereocenters. The molecular weight excluding hydrogens is 274 g/mol. The molecule has 0 amide bonds. The van der Waals surface area contributed by atoms with Gasteiger partial charge in [0.05, 0.1) is 12.3 Å². The monoisotopic (exact) mass is 303 g/mol. The van der Waals surface area contributed by atoms with Crippen molar-refractivity contribution < 1.29 is 9.21 Å². The maximum absolute atomic E-state index is 12.7. The van der Waals surface area contributed by atoms with Gasteiger partial charge in [0.25, 0.3) is 0 Å². The Balaban J connectivity index is 1.73. The molecule has 0 spiro atoms. The van der Waals surface area contributed by atoms with Crippen LogP contribution in [-0.2, 0) is 4.79 Å². The van der Waals surface area contributed by atoms with Gasteiger partial charge in [-0.3, -0.25) is 9.69 Å². The second-order valence-corrected chi connectivity index (χ2v) is 6.99. The van der Waals surface area contributed by atoms with Crippen LogP contribution in [0.15, 0.2) is 22.8 Å². The van der Waals surface area contributed by atoms with Gasteiger partial charge in [-0.2, -0.15) is 0 Å². The zero-order valence-corrected chi connectivity index (χ0v) is 13.8. The van der Waals surface area contributed by atoms with Crippen molar-refractivity contribution >= 4 is 5.78 Å². The first-order valence-corrected chi connectivity index (χ1v) is 9.11. The van der Waals surface area contributed by atoms with Crippen LogP contribution in [0.2, 0.25) is 0 Å². The van der Waals surface area contributed by atoms with Crippen molar-refractivity contribution in [1.82, 2.24) is 4.90 Å². The molecule has 1 aromatic heterocycles. The second kappa shape index (κ2) is 7.45. The van der Waals surface area contributed by atoms with Gasteiger partial charge in [0.15, 0.2) is 5.78 Å². The first-order valence-electron chi connectivity index (χ1n) is 9.11. The lowest BCUT2D eigenvalue weighted by atomic mass is 9.86. The van der Waals surface area contributed by atoms with Crippen molar-refractivity contribution in [3.8, 4) is 0 Å². The topological polar surface area (TPSA) is 33.5 Å². The molecule has 3 atom stereocenters. The molecule has 2 fully saturated rings. The van der Waals surface area contributed by atoms with Crippen LogP contribution in [0, 0.1) is 5.92 Å². The molecule has 1 saturated carbocycles. The Bertz CT molecular complexity index is 462. The summed E-state index contributed by atoms with van der Waals surface area (Å²) in [6.45, 7) is 4.46. The van der Waals surface area contributed by atoms with Gasteiger partial charge in [-0.25, -0.2) is 0 Å². The van der Waals surface area contributed by atoms with E-state index in [1.54, 1.807) is 6.26 Å². The lowest BCUT2D eigenvalue weighted by Gasteiger charge is -2.30. The first kappa shape index (κ1) is 15.8. The highest BCUT2D eigenvalue weighted by Crippen LogP contribution is 2.43. The molecule has 0 radical (unpaired) electrons. The Morgan fingerprint density at radius 3 is 2.73 bits per heavy atom. The molecular formula is C19H29NO2. The summed E-state index contributed by atoms with van der Waals surface area (Å²) < 4.78 is 5.66. The summed E-state index contributed by atoms with van der Waals surface area (Å²) in [7, 11) is 0. The highest BCUT2D eigenvalue weighted by molar-refractivity contribution is 5.88. The number of hydrogen-bond acceptors (Lipinski definition) is 3. The van der Waals surface area contributed by atoms with E-state index in [0.717, 1.165) is 25.3 Å². The number of likely N-dealkylation sites (tertiary alicyclic amines) is 1. The van der Waals surface area contributed by atoms with E-state index in [1.807, 2.05) is 6.07 Å². The van der Waals surface area contributed by atoms with Crippen LogP contribution in [0.5, 0.6) is 0 Å². The summed E-state index contributed by atoms with van der Waals surface area (Å²) in [5, 5.41) is 0. The van der Waals surface area contributed by atoms with Gasteiger partial charge in [0, 0.05) is 12.3 Å². The third-order valence-corrected chi connectivity index (χ3v) is 5.51. The molecule has 1 aliphatic heterocycles. The van der Waals surface area contributed by atoms with Gasteiger partial charge in [-0.05, 0) is 50.4 Å². The summed E-state index contributed by atoms with van der Waals surface area (Å²) in [4.78, 5) is 15.1. The molecule has 3 rings (SSSR count). The Labute approximate surface area is 134 Å². The van der Waals surface area contributed by atoms with E-state index < -0.39 is 0 Å². The van der Waals surface area contributed by atoms with E-state index in [1.165, 1.54) is 38.5 Å². The number of Topliss-reactive ketones (excluding diaryl/α,β-unsaturated/α-hetero) is 1. The lowest BCUT2D eigenvalue weighted by molar-refractivity contribution is -0.122. The van der Waals surface area contributed by atoms with Crippen LogP contribution >= 0.6 is 0 Å². The molecule has 3 nitrogen and oxygen atoms in total. The number of unbranched alkanes of at least 4 members (excludes halogenated alkanes) is 3. The molecule has 0 aromatic carbocycles. The SMILES string of the molecule is CCCCCC[C@H]1[C@@H](c2ccco2)CC(=O)[C@H]1N1CCCC1. The Kier molecular flexibility index (Phi) is 5.35. The Hall–Kier alpha value is -1.09. The maximum atomic E-state index is 12.7. The molecule has 1 saturated heterocycles. The van der Waals surface area contributed by atoms with Gasteiger partial charge in [-0.15, -0.1) is 0 Å². The minimum atomic E-state index is 0.152. The van der Waals surface area contributed by atoms with E-state index in [2.05, 4.69) is 17.9 Å². The summed E-state index contributed by atoms with van der Waals surface area (Å²) >= 11 is 0. The first-order chi connectivity index (χ1) is 10.8. The Morgan fingerprint density at radius 1 is 1.23 bits per heavy atom. The number of ketones is 1. The van der Waals surface area contributed by atoms with Crippen LogP contribution in [0.1, 0.15) is 70.0 Å². The summed E-state index contributed by atoms with van der Waals surface area (Å²) in [5.74, 6) is 2.22. The zero-order chi connectivity index (χ0) is 15.4. The van der Waals surface area contributed by atoms with Gasteiger partial charge in [0.1, 0.15) is 5.76 Å². The van der Waals surface area contributed by atoms with Crippen LogP contribution in [-0.4, -0.2) is 29.8 Å². The molecule has 0 N–H and O–H groups in total. The number of rotatable bonds is 7. The number of carbonyl (C=O) groups is 1. The van der Waals surface area contributed by atoms with E-state index in [-0.39, 0.29) is 6.04 Å². The molecule has 1 aliphatic carbocycles. The molecule has 122 valence electrons. The van der Waals surface area contributed by atoms with Gasteiger partial charge in [0.2, 0.25) is 0 Å². The van der Waals surface area contributed by atoms with Crippen molar-refractivity contribution in [1.29, 1.82) is 0 Å². The van der Waals surface area contributed by atoms with Gasteiger partial charge in [-0.1, -0.05) is 32.6 Å². The van der Waals surface area contributed by atoms with Gasteiger partial charge < -0.3 is 4.42 Å². The zero-order valence-electron chi connectivity index (χ0n) is 13.8. The average Bonchev–Trinajstić information content (AvgIpc) is 3.24. The summed E-state index contributed by atoms with van der Waals surface area (Å²) in [5.41, 5.74) is 0. The van der Waals surface area contributed by atoms with Crippen molar-refractivity contribution in [2.45, 2.75) is 70.3 Å². The van der Waals surface area contributed by atoms with Crippen LogP contribution in [0.25, 0.3) is 0 Å². The number of nitrogens with zero attached hydrogens (tertiary/aromatic N) is 1. The Morgan fingerprint density at radius 2 is 2.05 bits per heavy atom. The van der Waals surface area contributed by atoms with Crippen LogP contribution in [0.4, 0.5) is 0 Å². The van der Waals surface area contributed by atoms with E-state index in [9.17, 15) is 4.79 Å². The van der Waals surface area contributed by atoms with Crippen LogP contribution in [0.3, 0.4) is 0 Å². The molecule has 2 aliphatic rings. The van der Waals surface area contributed by atoms with E-state index in [0.29, 0.717) is 24.0 Å². The third-order valence-electron chi connectivity index (χ3n) is 5.51. The average molecular weight is 303 g/mol. The standard InChI is InChI=1S/C19H29NO2/c1-2-3-4-5-9-15-16(18-10-8-13-22-18)14-17(21)19(15)20-11-6-7-12-20/h8,10,13,15-16,19H,2-7,9,11-12,14H2,1H3/t15-,16-,19-/m0/s1. The third kappa shape index (κ3) is 3.29. The van der Waals surface area contributed by atoms with Gasteiger partial charge >= 0.3 is 0 Å². The van der Waals surface area contributed by atoms with E-state index >= 15 is 0 Å². The largest absolute Gasteiger partial charge is 0.469 e. The summed E-state index contributed by atoms with van der Waals surface area (Å²) in [6.07, 6.45) is 11.2. The number of carbonyl (C=O) groups excluding carboxylic acids is 1. The second-order valence-electron chi connectivity index (χ2n) is 6.99. The molecule has 0 bridgehead atoms. The van der Waals surface area contributed by atoms with E-state index in [4.69, 9.17) is 4.42 Å². The number of furan rings is 1. The normalized spacial score (nSPS) is 29.5. The predicted octanol–water partition coefficient (Wildman–Crippen LogP) is 4.39. The van der Waals surface area contributed by atoms with Crippen molar-refractivity contribution in [3.63, 3.8) is 0 Å². The molecule has 2 heterocycles. The van der Waals surface area contributed by atoms with Crippen molar-refractivity contribution in [2.75, 3.05) is 13.1 Å². The lowest BCUT2D eigenvalue weighted by Crippen LogP contribution is -2.41. The highest BCUT2D eigenvalue weighted by atomic mass is 16.3. The van der Waals surface area contributed by atoms with Crippen molar-refractivity contribution in [3.05, 3.63) is 24.2 Å². The maximum Gasteiger partial charge on any atom is 0.151 e. The number of hydrogen-bond donors (Lipinski definition) is 0. The predicted molar refractivity (Wildman–Crippen MR) is 87.9 cm³/mol. The highest BCUT2D eigenvalue weighted by Gasteiger charge is 2.46. The quantitative estimate of drug-likeness (QED) is 0.701. The summed E-state index contributed by atoms with van der Waals surface area (Å²) in [6, 6.07) is 4.17. The molecule has 22 heavy (non-hydrogen) atoms. The fraction of sp³-hybridized carbons (Fsp3) is 0.737. The van der Waals surface area contributed by atoms with Crippen LogP contribution < -0.4 is 0 Å². The smallest absolute Gasteiger partial charge is 0.151 e. The molecule has 3 heteroatoms.